The third kappa shape index (κ3) is 7.83. The summed E-state index contributed by atoms with van der Waals surface area (Å²) < 4.78 is 5.02. The van der Waals surface area contributed by atoms with E-state index in [0.717, 1.165) is 16.7 Å². The van der Waals surface area contributed by atoms with Crippen LogP contribution in [0.1, 0.15) is 37.5 Å². The molecule has 0 unspecified atom stereocenters. The Bertz CT molecular complexity index is 647. The highest BCUT2D eigenvalue weighted by Gasteiger charge is 2.18. The molecule has 25 heavy (non-hydrogen) atoms. The first-order chi connectivity index (χ1) is 11.5. The molecule has 6 nitrogen and oxygen atoms in total. The number of benzene rings is 1. The van der Waals surface area contributed by atoms with Crippen LogP contribution in [0.2, 0.25) is 0 Å². The van der Waals surface area contributed by atoms with E-state index in [-0.39, 0.29) is 31.0 Å². The quantitative estimate of drug-likeness (QED) is 0.795. The Morgan fingerprint density at radius 1 is 1.12 bits per heavy atom. The zero-order valence-corrected chi connectivity index (χ0v) is 15.9. The predicted molar refractivity (Wildman–Crippen MR) is 96.1 cm³/mol. The average molecular weight is 348 g/mol. The van der Waals surface area contributed by atoms with Crippen molar-refractivity contribution in [1.82, 2.24) is 10.2 Å². The third-order valence-corrected chi connectivity index (χ3v) is 3.60. The van der Waals surface area contributed by atoms with Crippen LogP contribution < -0.4 is 5.32 Å². The van der Waals surface area contributed by atoms with Gasteiger partial charge in [0.1, 0.15) is 0 Å². The van der Waals surface area contributed by atoms with Crippen molar-refractivity contribution in [3.8, 4) is 0 Å². The SMILES string of the molecule is Cc1ccc(CC(=O)OCC(=O)N(C)CC(=O)NC(C)(C)C)cc1C. The van der Waals surface area contributed by atoms with E-state index < -0.39 is 11.9 Å². The van der Waals surface area contributed by atoms with Gasteiger partial charge >= 0.3 is 5.97 Å². The molecule has 0 atom stereocenters. The molecule has 6 heteroatoms. The summed E-state index contributed by atoms with van der Waals surface area (Å²) >= 11 is 0. The molecule has 138 valence electrons. The molecule has 0 fully saturated rings. The fourth-order valence-corrected chi connectivity index (χ4v) is 2.14. The fourth-order valence-electron chi connectivity index (χ4n) is 2.14. The Labute approximate surface area is 149 Å². The molecular formula is C19H28N2O4. The van der Waals surface area contributed by atoms with Gasteiger partial charge in [0.2, 0.25) is 5.91 Å². The van der Waals surface area contributed by atoms with E-state index in [1.54, 1.807) is 0 Å². The molecule has 0 radical (unpaired) electrons. The Balaban J connectivity index is 2.42. The highest BCUT2D eigenvalue weighted by molar-refractivity contribution is 5.86. The molecule has 0 aliphatic carbocycles. The van der Waals surface area contributed by atoms with Crippen molar-refractivity contribution in [1.29, 1.82) is 0 Å². The molecule has 0 aliphatic heterocycles. The van der Waals surface area contributed by atoms with Crippen LogP contribution in [-0.2, 0) is 25.5 Å². The number of hydrogen-bond acceptors (Lipinski definition) is 4. The number of rotatable bonds is 6. The summed E-state index contributed by atoms with van der Waals surface area (Å²) in [6, 6.07) is 5.75. The number of hydrogen-bond donors (Lipinski definition) is 1. The van der Waals surface area contributed by atoms with Crippen molar-refractivity contribution < 1.29 is 19.1 Å². The van der Waals surface area contributed by atoms with Crippen LogP contribution in [0.3, 0.4) is 0 Å². The highest BCUT2D eigenvalue weighted by atomic mass is 16.5. The molecule has 0 aromatic heterocycles. The molecule has 1 aromatic carbocycles. The number of aryl methyl sites for hydroxylation is 2. The summed E-state index contributed by atoms with van der Waals surface area (Å²) in [6.45, 7) is 9.12. The van der Waals surface area contributed by atoms with Crippen LogP contribution in [0.25, 0.3) is 0 Å². The molecule has 0 saturated carbocycles. The van der Waals surface area contributed by atoms with Gasteiger partial charge in [-0.25, -0.2) is 0 Å². The van der Waals surface area contributed by atoms with Crippen molar-refractivity contribution >= 4 is 17.8 Å². The number of likely N-dealkylation sites (N-methyl/N-ethyl adjacent to an activating group) is 1. The van der Waals surface area contributed by atoms with Gasteiger partial charge in [-0.15, -0.1) is 0 Å². The highest BCUT2D eigenvalue weighted by Crippen LogP contribution is 2.10. The molecular weight excluding hydrogens is 320 g/mol. The van der Waals surface area contributed by atoms with Crippen LogP contribution in [-0.4, -0.2) is 48.4 Å². The van der Waals surface area contributed by atoms with Crippen molar-refractivity contribution in [2.75, 3.05) is 20.2 Å². The van der Waals surface area contributed by atoms with E-state index in [1.807, 2.05) is 52.8 Å². The second-order valence-corrected chi connectivity index (χ2v) is 7.30. The van der Waals surface area contributed by atoms with Gasteiger partial charge in [-0.1, -0.05) is 18.2 Å². The lowest BCUT2D eigenvalue weighted by Gasteiger charge is -2.23. The largest absolute Gasteiger partial charge is 0.455 e. The molecule has 0 bridgehead atoms. The van der Waals surface area contributed by atoms with E-state index in [9.17, 15) is 14.4 Å². The monoisotopic (exact) mass is 348 g/mol. The van der Waals surface area contributed by atoms with Crippen molar-refractivity contribution in [2.24, 2.45) is 0 Å². The van der Waals surface area contributed by atoms with Crippen molar-refractivity contribution in [3.05, 3.63) is 34.9 Å². The van der Waals surface area contributed by atoms with Gasteiger partial charge in [0.15, 0.2) is 6.61 Å². The van der Waals surface area contributed by atoms with Gasteiger partial charge in [0.05, 0.1) is 13.0 Å². The Kier molecular flexibility index (Phi) is 7.15. The van der Waals surface area contributed by atoms with Crippen LogP contribution in [0, 0.1) is 13.8 Å². The molecule has 1 rings (SSSR count). The smallest absolute Gasteiger partial charge is 0.310 e. The lowest BCUT2D eigenvalue weighted by molar-refractivity contribution is -0.151. The van der Waals surface area contributed by atoms with E-state index in [4.69, 9.17) is 4.74 Å². The zero-order chi connectivity index (χ0) is 19.2. The minimum absolute atomic E-state index is 0.0786. The number of ether oxygens (including phenoxy) is 1. The van der Waals surface area contributed by atoms with Crippen molar-refractivity contribution in [2.45, 2.75) is 46.6 Å². The number of amides is 2. The summed E-state index contributed by atoms with van der Waals surface area (Å²) in [7, 11) is 1.50. The van der Waals surface area contributed by atoms with Gasteiger partial charge in [0, 0.05) is 12.6 Å². The fraction of sp³-hybridized carbons (Fsp3) is 0.526. The van der Waals surface area contributed by atoms with Crippen LogP contribution in [0.15, 0.2) is 18.2 Å². The lowest BCUT2D eigenvalue weighted by atomic mass is 10.0. The Morgan fingerprint density at radius 3 is 2.32 bits per heavy atom. The van der Waals surface area contributed by atoms with E-state index >= 15 is 0 Å². The standard InChI is InChI=1S/C19H28N2O4/c1-13-7-8-15(9-14(13)2)10-18(24)25-12-17(23)21(6)11-16(22)20-19(3,4)5/h7-9H,10-12H2,1-6H3,(H,20,22). The molecule has 0 heterocycles. The Hall–Kier alpha value is -2.37. The first-order valence-electron chi connectivity index (χ1n) is 8.24. The van der Waals surface area contributed by atoms with Gasteiger partial charge in [-0.2, -0.15) is 0 Å². The second-order valence-electron chi connectivity index (χ2n) is 7.30. The molecule has 1 N–H and O–H groups in total. The molecule has 2 amide bonds. The van der Waals surface area contributed by atoms with Crippen LogP contribution >= 0.6 is 0 Å². The van der Waals surface area contributed by atoms with E-state index in [0.29, 0.717) is 0 Å². The van der Waals surface area contributed by atoms with E-state index in [2.05, 4.69) is 5.32 Å². The topological polar surface area (TPSA) is 75.7 Å². The summed E-state index contributed by atoms with van der Waals surface area (Å²) in [5.41, 5.74) is 2.74. The lowest BCUT2D eigenvalue weighted by Crippen LogP contribution is -2.46. The average Bonchev–Trinajstić information content (AvgIpc) is 2.46. The number of carbonyl (C=O) groups is 3. The number of esters is 1. The maximum atomic E-state index is 12.0. The normalized spacial score (nSPS) is 11.0. The third-order valence-electron chi connectivity index (χ3n) is 3.60. The van der Waals surface area contributed by atoms with E-state index in [1.165, 1.54) is 11.9 Å². The minimum Gasteiger partial charge on any atom is -0.455 e. The maximum Gasteiger partial charge on any atom is 0.310 e. The number of carbonyl (C=O) groups excluding carboxylic acids is 3. The first kappa shape index (κ1) is 20.7. The molecule has 1 aromatic rings. The van der Waals surface area contributed by atoms with Gasteiger partial charge in [0.25, 0.3) is 5.91 Å². The summed E-state index contributed by atoms with van der Waals surface area (Å²) in [4.78, 5) is 36.9. The Morgan fingerprint density at radius 2 is 1.76 bits per heavy atom. The van der Waals surface area contributed by atoms with Crippen LogP contribution in [0.4, 0.5) is 0 Å². The minimum atomic E-state index is -0.468. The summed E-state index contributed by atoms with van der Waals surface area (Å²) in [6.07, 6.45) is 0.114. The zero-order valence-electron chi connectivity index (χ0n) is 15.9. The van der Waals surface area contributed by atoms with Gasteiger partial charge < -0.3 is 15.0 Å². The maximum absolute atomic E-state index is 12.0. The van der Waals surface area contributed by atoms with Crippen LogP contribution in [0.5, 0.6) is 0 Å². The molecule has 0 spiro atoms. The van der Waals surface area contributed by atoms with Gasteiger partial charge in [-0.05, 0) is 51.3 Å². The molecule has 0 aliphatic rings. The van der Waals surface area contributed by atoms with Gasteiger partial charge in [-0.3, -0.25) is 14.4 Å². The predicted octanol–water partition coefficient (Wildman–Crippen LogP) is 1.76. The first-order valence-corrected chi connectivity index (χ1v) is 8.24. The second kappa shape index (κ2) is 8.65. The van der Waals surface area contributed by atoms with Crippen molar-refractivity contribution in [3.63, 3.8) is 0 Å². The number of nitrogens with one attached hydrogen (secondary N) is 1. The summed E-state index contributed by atoms with van der Waals surface area (Å²) in [5, 5.41) is 2.77. The molecule has 0 saturated heterocycles. The number of nitrogens with zero attached hydrogens (tertiary/aromatic N) is 1. The summed E-state index contributed by atoms with van der Waals surface area (Å²) in [5.74, 6) is -1.15.